The minimum Gasteiger partial charge on any atom is -0.339 e. The summed E-state index contributed by atoms with van der Waals surface area (Å²) >= 11 is 1.61. The molecule has 0 radical (unpaired) electrons. The molecule has 4 heteroatoms. The van der Waals surface area contributed by atoms with E-state index in [1.165, 1.54) is 51.7 Å². The van der Waals surface area contributed by atoms with Crippen molar-refractivity contribution in [2.75, 3.05) is 32.7 Å². The van der Waals surface area contributed by atoms with Gasteiger partial charge in [0.15, 0.2) is 0 Å². The molecule has 1 aromatic heterocycles. The minimum atomic E-state index is 0.235. The van der Waals surface area contributed by atoms with Crippen molar-refractivity contribution in [3.8, 4) is 0 Å². The average molecular weight is 304 g/mol. The first-order chi connectivity index (χ1) is 10.2. The summed E-state index contributed by atoms with van der Waals surface area (Å²) in [4.78, 5) is 17.2. The first-order valence-corrected chi connectivity index (χ1v) is 9.22. The predicted octanol–water partition coefficient (Wildman–Crippen LogP) is 3.09. The Kier molecular flexibility index (Phi) is 3.54. The molecule has 0 aromatic carbocycles. The molecule has 2 aliphatic heterocycles. The second-order valence-corrected chi connectivity index (χ2v) is 8.01. The molecule has 1 amide bonds. The third kappa shape index (κ3) is 2.88. The normalized spacial score (nSPS) is 25.6. The molecule has 3 nitrogen and oxygen atoms in total. The van der Waals surface area contributed by atoms with Crippen LogP contribution in [-0.2, 0) is 0 Å². The van der Waals surface area contributed by atoms with Crippen molar-refractivity contribution in [2.45, 2.75) is 32.1 Å². The van der Waals surface area contributed by atoms with Crippen LogP contribution in [0.25, 0.3) is 0 Å². The third-order valence-electron chi connectivity index (χ3n) is 5.61. The number of hydrogen-bond donors (Lipinski definition) is 0. The van der Waals surface area contributed by atoms with E-state index in [2.05, 4.69) is 9.80 Å². The molecule has 3 heterocycles. The number of carbonyl (C=O) groups excluding carboxylic acids is 1. The van der Waals surface area contributed by atoms with Crippen molar-refractivity contribution >= 4 is 17.2 Å². The van der Waals surface area contributed by atoms with Crippen molar-refractivity contribution < 1.29 is 4.79 Å². The van der Waals surface area contributed by atoms with E-state index < -0.39 is 0 Å². The minimum absolute atomic E-state index is 0.235. The zero-order valence-electron chi connectivity index (χ0n) is 12.6. The van der Waals surface area contributed by atoms with Gasteiger partial charge in [-0.15, -0.1) is 0 Å². The van der Waals surface area contributed by atoms with Crippen molar-refractivity contribution in [2.24, 2.45) is 11.3 Å². The Morgan fingerprint density at radius 3 is 2.67 bits per heavy atom. The van der Waals surface area contributed by atoms with Crippen LogP contribution in [0.1, 0.15) is 42.5 Å². The maximum atomic E-state index is 12.4. The van der Waals surface area contributed by atoms with Crippen LogP contribution in [0, 0.1) is 11.3 Å². The van der Waals surface area contributed by atoms with Crippen LogP contribution >= 0.6 is 11.3 Å². The number of rotatable bonds is 3. The lowest BCUT2D eigenvalue weighted by molar-refractivity contribution is 0.0589. The van der Waals surface area contributed by atoms with Gasteiger partial charge in [0, 0.05) is 31.6 Å². The molecule has 4 rings (SSSR count). The second-order valence-electron chi connectivity index (χ2n) is 7.23. The quantitative estimate of drug-likeness (QED) is 0.857. The van der Waals surface area contributed by atoms with Gasteiger partial charge in [0.1, 0.15) is 0 Å². The summed E-state index contributed by atoms with van der Waals surface area (Å²) in [5.74, 6) is 1.24. The number of nitrogens with zero attached hydrogens (tertiary/aromatic N) is 2. The molecule has 1 spiro atoms. The maximum Gasteiger partial charge on any atom is 0.254 e. The number of piperidine rings is 1. The van der Waals surface area contributed by atoms with Gasteiger partial charge in [-0.1, -0.05) is 0 Å². The smallest absolute Gasteiger partial charge is 0.254 e. The molecular formula is C17H24N2OS. The lowest BCUT2D eigenvalue weighted by Gasteiger charge is -2.39. The molecule has 2 saturated heterocycles. The largest absolute Gasteiger partial charge is 0.339 e. The van der Waals surface area contributed by atoms with E-state index in [1.54, 1.807) is 11.3 Å². The van der Waals surface area contributed by atoms with Gasteiger partial charge in [-0.05, 0) is 61.4 Å². The number of thiophene rings is 1. The fraction of sp³-hybridized carbons (Fsp3) is 0.706. The topological polar surface area (TPSA) is 23.6 Å². The number of likely N-dealkylation sites (tertiary alicyclic amines) is 2. The average Bonchev–Trinajstić information content (AvgIpc) is 3.01. The summed E-state index contributed by atoms with van der Waals surface area (Å²) in [7, 11) is 0. The molecule has 0 atom stereocenters. The summed E-state index contributed by atoms with van der Waals surface area (Å²) < 4.78 is 0. The van der Waals surface area contributed by atoms with Crippen LogP contribution in [0.2, 0.25) is 0 Å². The first kappa shape index (κ1) is 13.8. The summed E-state index contributed by atoms with van der Waals surface area (Å²) in [5, 5.41) is 3.96. The fourth-order valence-corrected chi connectivity index (χ4v) is 4.64. The Labute approximate surface area is 130 Å². The molecular weight excluding hydrogens is 280 g/mol. The van der Waals surface area contributed by atoms with E-state index >= 15 is 0 Å². The second kappa shape index (κ2) is 5.40. The molecule has 0 N–H and O–H groups in total. The molecule has 3 aliphatic rings. The van der Waals surface area contributed by atoms with Crippen LogP contribution in [0.4, 0.5) is 0 Å². The van der Waals surface area contributed by atoms with Crippen LogP contribution in [-0.4, -0.2) is 48.4 Å². The highest BCUT2D eigenvalue weighted by Gasteiger charge is 2.42. The molecule has 1 aromatic rings. The van der Waals surface area contributed by atoms with E-state index in [0.29, 0.717) is 5.41 Å². The Morgan fingerprint density at radius 2 is 2.00 bits per heavy atom. The van der Waals surface area contributed by atoms with Gasteiger partial charge in [-0.2, -0.15) is 11.3 Å². The summed E-state index contributed by atoms with van der Waals surface area (Å²) in [6.45, 7) is 5.80. The van der Waals surface area contributed by atoms with Crippen molar-refractivity contribution in [1.29, 1.82) is 0 Å². The summed E-state index contributed by atoms with van der Waals surface area (Å²) in [5.41, 5.74) is 1.39. The van der Waals surface area contributed by atoms with Gasteiger partial charge in [-0.3, -0.25) is 4.79 Å². The highest BCUT2D eigenvalue weighted by Crippen LogP contribution is 2.42. The van der Waals surface area contributed by atoms with E-state index in [-0.39, 0.29) is 5.91 Å². The van der Waals surface area contributed by atoms with Crippen LogP contribution in [0.3, 0.4) is 0 Å². The van der Waals surface area contributed by atoms with Gasteiger partial charge in [0.2, 0.25) is 0 Å². The number of hydrogen-bond acceptors (Lipinski definition) is 3. The Balaban J connectivity index is 1.33. The monoisotopic (exact) mass is 304 g/mol. The predicted molar refractivity (Wildman–Crippen MR) is 85.7 cm³/mol. The molecule has 3 fully saturated rings. The Morgan fingerprint density at radius 1 is 1.24 bits per heavy atom. The lowest BCUT2D eigenvalue weighted by Crippen LogP contribution is -2.44. The molecule has 0 bridgehead atoms. The van der Waals surface area contributed by atoms with E-state index in [1.807, 2.05) is 16.8 Å². The standard InChI is InChI=1S/C17H24N2OS/c20-16(15-3-10-21-12-15)19-8-5-17(6-9-19)4-7-18(13-17)11-14-1-2-14/h3,10,12,14H,1-2,4-9,11,13H2. The molecule has 1 aliphatic carbocycles. The van der Waals surface area contributed by atoms with Gasteiger partial charge in [-0.25, -0.2) is 0 Å². The maximum absolute atomic E-state index is 12.4. The SMILES string of the molecule is O=C(c1ccsc1)N1CCC2(CCN(CC3CC3)C2)CC1. The van der Waals surface area contributed by atoms with Gasteiger partial charge >= 0.3 is 0 Å². The lowest BCUT2D eigenvalue weighted by atomic mass is 9.77. The summed E-state index contributed by atoms with van der Waals surface area (Å²) in [6, 6.07) is 1.95. The first-order valence-electron chi connectivity index (χ1n) is 8.28. The zero-order valence-corrected chi connectivity index (χ0v) is 13.4. The van der Waals surface area contributed by atoms with E-state index in [0.717, 1.165) is 24.6 Å². The Bertz CT molecular complexity index is 501. The van der Waals surface area contributed by atoms with E-state index in [4.69, 9.17) is 0 Å². The van der Waals surface area contributed by atoms with E-state index in [9.17, 15) is 4.79 Å². The zero-order chi connectivity index (χ0) is 14.3. The molecule has 114 valence electrons. The fourth-order valence-electron chi connectivity index (χ4n) is 4.01. The highest BCUT2D eigenvalue weighted by atomic mass is 32.1. The summed E-state index contributed by atoms with van der Waals surface area (Å²) in [6.07, 6.45) is 6.65. The highest BCUT2D eigenvalue weighted by molar-refractivity contribution is 7.08. The van der Waals surface area contributed by atoms with Crippen molar-refractivity contribution in [1.82, 2.24) is 9.80 Å². The van der Waals surface area contributed by atoms with Crippen molar-refractivity contribution in [3.63, 3.8) is 0 Å². The van der Waals surface area contributed by atoms with Crippen molar-refractivity contribution in [3.05, 3.63) is 22.4 Å². The van der Waals surface area contributed by atoms with Gasteiger partial charge < -0.3 is 9.80 Å². The molecule has 21 heavy (non-hydrogen) atoms. The Hall–Kier alpha value is -0.870. The molecule has 0 unspecified atom stereocenters. The number of carbonyl (C=O) groups is 1. The number of amides is 1. The van der Waals surface area contributed by atoms with Crippen LogP contribution in [0.5, 0.6) is 0 Å². The van der Waals surface area contributed by atoms with Crippen LogP contribution in [0.15, 0.2) is 16.8 Å². The molecule has 1 saturated carbocycles. The van der Waals surface area contributed by atoms with Crippen LogP contribution < -0.4 is 0 Å². The van der Waals surface area contributed by atoms with Gasteiger partial charge in [0.25, 0.3) is 5.91 Å². The van der Waals surface area contributed by atoms with Gasteiger partial charge in [0.05, 0.1) is 5.56 Å². The third-order valence-corrected chi connectivity index (χ3v) is 6.29.